The SMILES string of the molecule is CCOC(=O)c1cc(-c2cncc(F)c2)n(-c2ccc(C(F)(F)F)c(F)c2)n1. The fourth-order valence-electron chi connectivity index (χ4n) is 2.51. The van der Waals surface area contributed by atoms with Crippen molar-refractivity contribution in [1.82, 2.24) is 14.8 Å². The van der Waals surface area contributed by atoms with Crippen LogP contribution < -0.4 is 0 Å². The predicted molar refractivity (Wildman–Crippen MR) is 87.7 cm³/mol. The number of aromatic nitrogens is 3. The van der Waals surface area contributed by atoms with Gasteiger partial charge in [0.2, 0.25) is 0 Å². The largest absolute Gasteiger partial charge is 0.461 e. The highest BCUT2D eigenvalue weighted by molar-refractivity contribution is 5.89. The van der Waals surface area contributed by atoms with Crippen LogP contribution in [0.5, 0.6) is 0 Å². The van der Waals surface area contributed by atoms with E-state index in [2.05, 4.69) is 10.1 Å². The highest BCUT2D eigenvalue weighted by Crippen LogP contribution is 2.33. The molecule has 0 atom stereocenters. The second kappa shape index (κ2) is 7.37. The van der Waals surface area contributed by atoms with E-state index < -0.39 is 29.3 Å². The van der Waals surface area contributed by atoms with E-state index in [0.717, 1.165) is 23.0 Å². The smallest absolute Gasteiger partial charge is 0.419 e. The molecule has 0 unspecified atom stereocenters. The standard InChI is InChI=1S/C18H12F5N3O2/c1-2-28-17(27)15-7-16(10-5-11(19)9-24-8-10)26(25-15)12-3-4-13(14(20)6-12)18(21,22)23/h3-9H,2H2,1H3. The molecule has 3 rings (SSSR count). The van der Waals surface area contributed by atoms with Crippen molar-refractivity contribution in [2.45, 2.75) is 13.1 Å². The number of ether oxygens (including phenoxy) is 1. The summed E-state index contributed by atoms with van der Waals surface area (Å²) in [5, 5.41) is 3.98. The normalized spacial score (nSPS) is 11.5. The number of pyridine rings is 1. The van der Waals surface area contributed by atoms with Gasteiger partial charge < -0.3 is 4.74 Å². The zero-order valence-corrected chi connectivity index (χ0v) is 14.3. The first-order chi connectivity index (χ1) is 13.2. The first kappa shape index (κ1) is 19.5. The van der Waals surface area contributed by atoms with Crippen LogP contribution in [0.15, 0.2) is 42.7 Å². The minimum atomic E-state index is -4.86. The van der Waals surface area contributed by atoms with Crippen LogP contribution >= 0.6 is 0 Å². The highest BCUT2D eigenvalue weighted by atomic mass is 19.4. The van der Waals surface area contributed by atoms with E-state index in [0.29, 0.717) is 12.1 Å². The Morgan fingerprint density at radius 3 is 2.50 bits per heavy atom. The molecule has 0 aliphatic carbocycles. The minimum Gasteiger partial charge on any atom is -0.461 e. The average Bonchev–Trinajstić information content (AvgIpc) is 3.06. The van der Waals surface area contributed by atoms with Crippen molar-refractivity contribution in [3.63, 3.8) is 0 Å². The van der Waals surface area contributed by atoms with Crippen molar-refractivity contribution in [1.29, 1.82) is 0 Å². The van der Waals surface area contributed by atoms with Crippen LogP contribution in [-0.2, 0) is 10.9 Å². The topological polar surface area (TPSA) is 57.0 Å². The van der Waals surface area contributed by atoms with Crippen LogP contribution in [-0.4, -0.2) is 27.3 Å². The van der Waals surface area contributed by atoms with Gasteiger partial charge in [0.05, 0.1) is 29.7 Å². The molecular formula is C18H12F5N3O2. The molecule has 146 valence electrons. The summed E-state index contributed by atoms with van der Waals surface area (Å²) < 4.78 is 71.8. The van der Waals surface area contributed by atoms with Crippen LogP contribution in [0.25, 0.3) is 16.9 Å². The molecule has 0 amide bonds. The van der Waals surface area contributed by atoms with Crippen molar-refractivity contribution in [3.05, 3.63) is 65.6 Å². The number of rotatable bonds is 4. The Labute approximate surface area is 155 Å². The maximum Gasteiger partial charge on any atom is 0.419 e. The van der Waals surface area contributed by atoms with Crippen LogP contribution in [0.1, 0.15) is 23.0 Å². The molecule has 0 radical (unpaired) electrons. The maximum atomic E-state index is 14.0. The molecule has 2 aromatic heterocycles. The molecule has 0 aliphatic heterocycles. The lowest BCUT2D eigenvalue weighted by Gasteiger charge is -2.11. The molecule has 1 aromatic carbocycles. The molecule has 0 saturated heterocycles. The van der Waals surface area contributed by atoms with Gasteiger partial charge in [-0.15, -0.1) is 0 Å². The van der Waals surface area contributed by atoms with Crippen molar-refractivity contribution in [3.8, 4) is 16.9 Å². The molecule has 3 aromatic rings. The van der Waals surface area contributed by atoms with E-state index in [4.69, 9.17) is 4.74 Å². The summed E-state index contributed by atoms with van der Waals surface area (Å²) in [6.45, 7) is 1.65. The number of nitrogens with zero attached hydrogens (tertiary/aromatic N) is 3. The van der Waals surface area contributed by atoms with E-state index in [1.54, 1.807) is 6.92 Å². The molecule has 0 N–H and O–H groups in total. The van der Waals surface area contributed by atoms with E-state index in [9.17, 15) is 26.7 Å². The van der Waals surface area contributed by atoms with Gasteiger partial charge in [0.25, 0.3) is 0 Å². The summed E-state index contributed by atoms with van der Waals surface area (Å²) in [6.07, 6.45) is -2.64. The van der Waals surface area contributed by atoms with Crippen molar-refractivity contribution in [2.75, 3.05) is 6.61 Å². The fraction of sp³-hybridized carbons (Fsp3) is 0.167. The van der Waals surface area contributed by atoms with Crippen LogP contribution in [0.2, 0.25) is 0 Å². The molecule has 28 heavy (non-hydrogen) atoms. The molecule has 5 nitrogen and oxygen atoms in total. The highest BCUT2D eigenvalue weighted by Gasteiger charge is 2.34. The number of carbonyl (C=O) groups excluding carboxylic acids is 1. The van der Waals surface area contributed by atoms with Gasteiger partial charge in [0, 0.05) is 17.8 Å². The van der Waals surface area contributed by atoms with Crippen LogP contribution in [0.4, 0.5) is 22.0 Å². The van der Waals surface area contributed by atoms with Crippen molar-refractivity contribution >= 4 is 5.97 Å². The van der Waals surface area contributed by atoms with Gasteiger partial charge >= 0.3 is 12.1 Å². The summed E-state index contributed by atoms with van der Waals surface area (Å²) in [4.78, 5) is 15.7. The lowest BCUT2D eigenvalue weighted by molar-refractivity contribution is -0.140. The number of alkyl halides is 3. The molecule has 0 spiro atoms. The molecule has 0 bridgehead atoms. The minimum absolute atomic E-state index is 0.0669. The summed E-state index contributed by atoms with van der Waals surface area (Å²) in [6, 6.07) is 4.52. The van der Waals surface area contributed by atoms with E-state index in [1.165, 1.54) is 12.3 Å². The van der Waals surface area contributed by atoms with E-state index in [1.807, 2.05) is 0 Å². The Hall–Kier alpha value is -3.30. The average molecular weight is 397 g/mol. The third kappa shape index (κ3) is 3.85. The second-order valence-electron chi connectivity index (χ2n) is 5.60. The molecular weight excluding hydrogens is 385 g/mol. The van der Waals surface area contributed by atoms with Gasteiger partial charge in [0.1, 0.15) is 11.6 Å². The molecule has 0 fully saturated rings. The predicted octanol–water partition coefficient (Wildman–Crippen LogP) is 4.41. The number of benzene rings is 1. The molecule has 10 heteroatoms. The number of hydrogen-bond donors (Lipinski definition) is 0. The van der Waals surface area contributed by atoms with Gasteiger partial charge in [0.15, 0.2) is 5.69 Å². The van der Waals surface area contributed by atoms with Gasteiger partial charge in [-0.2, -0.15) is 18.3 Å². The molecule has 0 saturated carbocycles. The summed E-state index contributed by atoms with van der Waals surface area (Å²) in [7, 11) is 0. The number of esters is 1. The molecule has 2 heterocycles. The summed E-state index contributed by atoms with van der Waals surface area (Å²) in [5.74, 6) is -2.98. The quantitative estimate of drug-likeness (QED) is 0.484. The second-order valence-corrected chi connectivity index (χ2v) is 5.60. The Bertz CT molecular complexity index is 1030. The number of carbonyl (C=O) groups is 1. The number of halogens is 5. The Balaban J connectivity index is 2.16. The van der Waals surface area contributed by atoms with Crippen LogP contribution in [0.3, 0.4) is 0 Å². The first-order valence-corrected chi connectivity index (χ1v) is 7.96. The van der Waals surface area contributed by atoms with Gasteiger partial charge in [-0.3, -0.25) is 4.98 Å². The third-order valence-electron chi connectivity index (χ3n) is 3.70. The van der Waals surface area contributed by atoms with Gasteiger partial charge in [-0.05, 0) is 31.2 Å². The van der Waals surface area contributed by atoms with Crippen molar-refractivity contribution in [2.24, 2.45) is 0 Å². The Morgan fingerprint density at radius 1 is 1.14 bits per heavy atom. The monoisotopic (exact) mass is 397 g/mol. The molecule has 0 aliphatic rings. The lowest BCUT2D eigenvalue weighted by atomic mass is 10.1. The first-order valence-electron chi connectivity index (χ1n) is 7.96. The zero-order valence-electron chi connectivity index (χ0n) is 14.3. The van der Waals surface area contributed by atoms with E-state index >= 15 is 0 Å². The Morgan fingerprint density at radius 2 is 1.89 bits per heavy atom. The van der Waals surface area contributed by atoms with E-state index in [-0.39, 0.29) is 29.2 Å². The number of hydrogen-bond acceptors (Lipinski definition) is 4. The lowest BCUT2D eigenvalue weighted by Crippen LogP contribution is -2.10. The third-order valence-corrected chi connectivity index (χ3v) is 3.70. The van der Waals surface area contributed by atoms with Crippen LogP contribution in [0, 0.1) is 11.6 Å². The maximum absolute atomic E-state index is 14.0. The zero-order chi connectivity index (χ0) is 20.5. The van der Waals surface area contributed by atoms with Gasteiger partial charge in [-0.1, -0.05) is 0 Å². The van der Waals surface area contributed by atoms with Crippen molar-refractivity contribution < 1.29 is 31.5 Å². The van der Waals surface area contributed by atoms with Gasteiger partial charge in [-0.25, -0.2) is 18.3 Å². The fourth-order valence-corrected chi connectivity index (χ4v) is 2.51. The Kier molecular flexibility index (Phi) is 5.12. The summed E-state index contributed by atoms with van der Waals surface area (Å²) in [5.41, 5.74) is -1.41. The summed E-state index contributed by atoms with van der Waals surface area (Å²) >= 11 is 0.